The van der Waals surface area contributed by atoms with Gasteiger partial charge in [-0.1, -0.05) is 60.7 Å². The number of aromatic amines is 1. The standard InChI is InChI=1S/C19H14N4OS/c24-17-11-10-13-6-4-5-9-15(13)16(17)12-20-23-18(21-22-19(23)25)14-7-2-1-3-8-14/h1-12,24H,(H,22,25)/b20-12+. The van der Waals surface area contributed by atoms with Crippen LogP contribution in [0.2, 0.25) is 0 Å². The largest absolute Gasteiger partial charge is 0.507 e. The summed E-state index contributed by atoms with van der Waals surface area (Å²) in [6.45, 7) is 0. The van der Waals surface area contributed by atoms with Crippen molar-refractivity contribution in [2.75, 3.05) is 0 Å². The molecule has 0 aliphatic rings. The van der Waals surface area contributed by atoms with Gasteiger partial charge in [-0.05, 0) is 29.1 Å². The number of H-pyrrole nitrogens is 1. The summed E-state index contributed by atoms with van der Waals surface area (Å²) < 4.78 is 1.93. The van der Waals surface area contributed by atoms with E-state index in [0.717, 1.165) is 16.3 Å². The summed E-state index contributed by atoms with van der Waals surface area (Å²) in [7, 11) is 0. The average Bonchev–Trinajstić information content (AvgIpc) is 3.02. The van der Waals surface area contributed by atoms with Crippen LogP contribution in [0.3, 0.4) is 0 Å². The van der Waals surface area contributed by atoms with Crippen molar-refractivity contribution in [2.24, 2.45) is 5.10 Å². The number of fused-ring (bicyclic) bond motifs is 1. The van der Waals surface area contributed by atoms with Crippen LogP contribution in [-0.4, -0.2) is 26.2 Å². The zero-order chi connectivity index (χ0) is 17.2. The summed E-state index contributed by atoms with van der Waals surface area (Å²) in [5, 5.41) is 23.7. The average molecular weight is 346 g/mol. The van der Waals surface area contributed by atoms with Gasteiger partial charge in [-0.15, -0.1) is 0 Å². The van der Waals surface area contributed by atoms with Crippen molar-refractivity contribution in [1.29, 1.82) is 0 Å². The lowest BCUT2D eigenvalue weighted by atomic mass is 10.0. The Morgan fingerprint density at radius 2 is 1.76 bits per heavy atom. The molecule has 1 aromatic heterocycles. The van der Waals surface area contributed by atoms with E-state index in [-0.39, 0.29) is 5.75 Å². The molecule has 0 fully saturated rings. The van der Waals surface area contributed by atoms with Crippen LogP contribution >= 0.6 is 12.2 Å². The van der Waals surface area contributed by atoms with Gasteiger partial charge in [0.2, 0.25) is 4.77 Å². The molecule has 4 rings (SSSR count). The molecular weight excluding hydrogens is 332 g/mol. The van der Waals surface area contributed by atoms with E-state index < -0.39 is 0 Å². The van der Waals surface area contributed by atoms with E-state index in [0.29, 0.717) is 16.2 Å². The van der Waals surface area contributed by atoms with E-state index in [1.807, 2.05) is 60.7 Å². The van der Waals surface area contributed by atoms with Gasteiger partial charge in [-0.2, -0.15) is 14.9 Å². The highest BCUT2D eigenvalue weighted by Gasteiger charge is 2.09. The van der Waals surface area contributed by atoms with Gasteiger partial charge in [0.1, 0.15) is 5.75 Å². The number of phenolic OH excluding ortho intramolecular Hbond substituents is 1. The highest BCUT2D eigenvalue weighted by atomic mass is 32.1. The number of aromatic hydroxyl groups is 1. The van der Waals surface area contributed by atoms with E-state index in [1.165, 1.54) is 0 Å². The highest BCUT2D eigenvalue weighted by molar-refractivity contribution is 7.71. The molecule has 0 unspecified atom stereocenters. The van der Waals surface area contributed by atoms with E-state index >= 15 is 0 Å². The SMILES string of the molecule is Oc1ccc2ccccc2c1/C=N/n1c(-c2ccccc2)n[nH]c1=S. The van der Waals surface area contributed by atoms with E-state index in [1.54, 1.807) is 17.0 Å². The number of benzene rings is 3. The molecule has 0 saturated carbocycles. The Labute approximate surface area is 148 Å². The third-order valence-electron chi connectivity index (χ3n) is 3.93. The molecule has 1 heterocycles. The van der Waals surface area contributed by atoms with Gasteiger partial charge in [0.25, 0.3) is 0 Å². The topological polar surface area (TPSA) is 66.2 Å². The first-order valence-corrected chi connectivity index (χ1v) is 8.13. The van der Waals surface area contributed by atoms with Crippen LogP contribution in [0.5, 0.6) is 5.75 Å². The van der Waals surface area contributed by atoms with Crippen LogP contribution in [0.4, 0.5) is 0 Å². The molecule has 0 atom stereocenters. The van der Waals surface area contributed by atoms with Crippen molar-refractivity contribution >= 4 is 29.2 Å². The quantitative estimate of drug-likeness (QED) is 0.428. The molecule has 4 aromatic rings. The normalized spacial score (nSPS) is 11.4. The van der Waals surface area contributed by atoms with Crippen molar-refractivity contribution in [3.63, 3.8) is 0 Å². The minimum atomic E-state index is 0.165. The molecule has 122 valence electrons. The Bertz CT molecular complexity index is 1130. The first kappa shape index (κ1) is 15.3. The lowest BCUT2D eigenvalue weighted by Gasteiger charge is -2.05. The second-order valence-electron chi connectivity index (χ2n) is 5.49. The maximum absolute atomic E-state index is 10.2. The molecule has 0 radical (unpaired) electrons. The number of aromatic nitrogens is 3. The Balaban J connectivity index is 1.84. The van der Waals surface area contributed by atoms with Crippen molar-refractivity contribution in [3.8, 4) is 17.1 Å². The van der Waals surface area contributed by atoms with Crippen molar-refractivity contribution in [1.82, 2.24) is 14.9 Å². The van der Waals surface area contributed by atoms with Gasteiger partial charge in [0.15, 0.2) is 5.82 Å². The lowest BCUT2D eigenvalue weighted by molar-refractivity contribution is 0.475. The summed E-state index contributed by atoms with van der Waals surface area (Å²) in [5.41, 5.74) is 1.54. The predicted octanol–water partition coefficient (Wildman–Crippen LogP) is 4.35. The lowest BCUT2D eigenvalue weighted by Crippen LogP contribution is -1.95. The molecule has 2 N–H and O–H groups in total. The monoisotopic (exact) mass is 346 g/mol. The number of hydrogen-bond donors (Lipinski definition) is 2. The molecule has 0 amide bonds. The zero-order valence-corrected chi connectivity index (χ0v) is 13.9. The predicted molar refractivity (Wildman–Crippen MR) is 101 cm³/mol. The first-order valence-electron chi connectivity index (χ1n) is 7.72. The van der Waals surface area contributed by atoms with Gasteiger partial charge < -0.3 is 5.11 Å². The summed E-state index contributed by atoms with van der Waals surface area (Å²) in [4.78, 5) is 0. The van der Waals surface area contributed by atoms with Crippen LogP contribution < -0.4 is 0 Å². The molecular formula is C19H14N4OS. The molecule has 0 aliphatic carbocycles. The molecule has 0 saturated heterocycles. The van der Waals surface area contributed by atoms with E-state index in [4.69, 9.17) is 12.2 Å². The van der Waals surface area contributed by atoms with Crippen LogP contribution in [0, 0.1) is 4.77 Å². The smallest absolute Gasteiger partial charge is 0.216 e. The Morgan fingerprint density at radius 1 is 1.00 bits per heavy atom. The molecule has 0 spiro atoms. The fourth-order valence-corrected chi connectivity index (χ4v) is 2.89. The highest BCUT2D eigenvalue weighted by Crippen LogP contribution is 2.25. The Hall–Kier alpha value is -3.25. The third-order valence-corrected chi connectivity index (χ3v) is 4.20. The minimum Gasteiger partial charge on any atom is -0.507 e. The summed E-state index contributed by atoms with van der Waals surface area (Å²) in [5.74, 6) is 0.778. The van der Waals surface area contributed by atoms with Gasteiger partial charge in [-0.3, -0.25) is 0 Å². The molecule has 0 bridgehead atoms. The molecule has 6 heteroatoms. The van der Waals surface area contributed by atoms with Gasteiger partial charge in [-0.25, -0.2) is 5.10 Å². The fourth-order valence-electron chi connectivity index (χ4n) is 2.71. The van der Waals surface area contributed by atoms with Gasteiger partial charge in [0.05, 0.1) is 6.21 Å². The number of rotatable bonds is 3. The van der Waals surface area contributed by atoms with Crippen molar-refractivity contribution in [3.05, 3.63) is 77.1 Å². The van der Waals surface area contributed by atoms with Gasteiger partial charge >= 0.3 is 0 Å². The maximum atomic E-state index is 10.2. The van der Waals surface area contributed by atoms with Crippen molar-refractivity contribution in [2.45, 2.75) is 0 Å². The van der Waals surface area contributed by atoms with Crippen LogP contribution in [0.1, 0.15) is 5.56 Å². The van der Waals surface area contributed by atoms with E-state index in [9.17, 15) is 5.11 Å². The van der Waals surface area contributed by atoms with Gasteiger partial charge in [0, 0.05) is 11.1 Å². The maximum Gasteiger partial charge on any atom is 0.216 e. The number of phenols is 1. The van der Waals surface area contributed by atoms with Crippen LogP contribution in [0.25, 0.3) is 22.2 Å². The molecule has 0 aliphatic heterocycles. The number of hydrogen-bond acceptors (Lipinski definition) is 4. The number of nitrogens with one attached hydrogen (secondary N) is 1. The second-order valence-corrected chi connectivity index (χ2v) is 5.88. The number of nitrogens with zero attached hydrogens (tertiary/aromatic N) is 3. The van der Waals surface area contributed by atoms with Crippen LogP contribution in [-0.2, 0) is 0 Å². The summed E-state index contributed by atoms with van der Waals surface area (Å²) >= 11 is 5.29. The Kier molecular flexibility index (Phi) is 3.87. The van der Waals surface area contributed by atoms with E-state index in [2.05, 4.69) is 15.3 Å². The molecule has 25 heavy (non-hydrogen) atoms. The third kappa shape index (κ3) is 2.83. The Morgan fingerprint density at radius 3 is 2.60 bits per heavy atom. The first-order chi connectivity index (χ1) is 12.2. The summed E-state index contributed by atoms with van der Waals surface area (Å²) in [6.07, 6.45) is 1.61. The minimum absolute atomic E-state index is 0.165. The fraction of sp³-hybridized carbons (Fsp3) is 0. The van der Waals surface area contributed by atoms with Crippen LogP contribution in [0.15, 0.2) is 71.8 Å². The second kappa shape index (κ2) is 6.33. The van der Waals surface area contributed by atoms with Crippen molar-refractivity contribution < 1.29 is 5.11 Å². The molecule has 5 nitrogen and oxygen atoms in total. The summed E-state index contributed by atoms with van der Waals surface area (Å²) in [6, 6.07) is 21.0. The zero-order valence-electron chi connectivity index (χ0n) is 13.1. The molecule has 3 aromatic carbocycles.